The number of nitrogens with one attached hydrogen (secondary N) is 3. The predicted octanol–water partition coefficient (Wildman–Crippen LogP) is 3.00. The van der Waals surface area contributed by atoms with Gasteiger partial charge in [-0.2, -0.15) is 0 Å². The molecule has 3 aliphatic rings. The van der Waals surface area contributed by atoms with E-state index >= 15 is 0 Å². The van der Waals surface area contributed by atoms with Gasteiger partial charge in [-0.05, 0) is 42.1 Å². The number of fused-ring (bicyclic) bond motifs is 1. The summed E-state index contributed by atoms with van der Waals surface area (Å²) >= 11 is 0. The monoisotopic (exact) mass is 568 g/mol. The molecule has 4 amide bonds. The van der Waals surface area contributed by atoms with E-state index in [0.29, 0.717) is 25.8 Å². The van der Waals surface area contributed by atoms with Crippen LogP contribution in [0.2, 0.25) is 0 Å². The molecule has 224 valence electrons. The lowest BCUT2D eigenvalue weighted by atomic mass is 9.85. The highest BCUT2D eigenvalue weighted by Crippen LogP contribution is 2.43. The van der Waals surface area contributed by atoms with Crippen molar-refractivity contribution < 1.29 is 29.0 Å². The summed E-state index contributed by atoms with van der Waals surface area (Å²) in [6.07, 6.45) is 4.20. The molecule has 2 fully saturated rings. The van der Waals surface area contributed by atoms with Crippen molar-refractivity contribution in [1.82, 2.24) is 20.9 Å². The fraction of sp³-hybridized carbons (Fsp3) is 0.613. The van der Waals surface area contributed by atoms with Crippen molar-refractivity contribution in [3.63, 3.8) is 0 Å². The maximum absolute atomic E-state index is 14.1. The summed E-state index contributed by atoms with van der Waals surface area (Å²) < 4.78 is 5.41. The fourth-order valence-electron chi connectivity index (χ4n) is 6.02. The molecule has 1 saturated carbocycles. The van der Waals surface area contributed by atoms with Crippen LogP contribution in [0.5, 0.6) is 0 Å². The molecular weight excluding hydrogens is 524 g/mol. The number of nitrogens with zero attached hydrogens (tertiary/aromatic N) is 1. The van der Waals surface area contributed by atoms with Crippen molar-refractivity contribution in [3.05, 3.63) is 47.7 Å². The molecule has 1 heterocycles. The van der Waals surface area contributed by atoms with Crippen molar-refractivity contribution in [2.24, 2.45) is 17.3 Å². The zero-order valence-electron chi connectivity index (χ0n) is 24.5. The van der Waals surface area contributed by atoms with E-state index in [1.165, 1.54) is 0 Å². The highest BCUT2D eigenvalue weighted by atomic mass is 16.5. The summed E-state index contributed by atoms with van der Waals surface area (Å²) in [7, 11) is 0. The molecule has 6 unspecified atom stereocenters. The molecule has 1 aliphatic heterocycles. The van der Waals surface area contributed by atoms with Gasteiger partial charge in [0.15, 0.2) is 6.10 Å². The molecule has 10 heteroatoms. The summed E-state index contributed by atoms with van der Waals surface area (Å²) in [6.45, 7) is 8.00. The van der Waals surface area contributed by atoms with Crippen LogP contribution < -0.4 is 16.0 Å². The molecule has 0 radical (unpaired) electrons. The largest absolute Gasteiger partial charge is 0.445 e. The summed E-state index contributed by atoms with van der Waals surface area (Å²) in [5.74, 6) is -1.09. The molecule has 10 nitrogen and oxygen atoms in total. The van der Waals surface area contributed by atoms with Gasteiger partial charge in [-0.3, -0.25) is 14.4 Å². The summed E-state index contributed by atoms with van der Waals surface area (Å²) in [5.41, 5.74) is 0.940. The minimum atomic E-state index is -1.41. The topological polar surface area (TPSA) is 137 Å². The molecule has 4 N–H and O–H groups in total. The van der Waals surface area contributed by atoms with E-state index in [9.17, 15) is 24.3 Å². The third-order valence-corrected chi connectivity index (χ3v) is 8.30. The van der Waals surface area contributed by atoms with Gasteiger partial charge in [0.2, 0.25) is 11.8 Å². The average molecular weight is 569 g/mol. The zero-order valence-corrected chi connectivity index (χ0v) is 24.5. The lowest BCUT2D eigenvalue weighted by Gasteiger charge is -2.36. The molecular formula is C31H44N4O6. The molecule has 1 aromatic carbocycles. The van der Waals surface area contributed by atoms with Gasteiger partial charge in [-0.15, -0.1) is 0 Å². The zero-order chi connectivity index (χ0) is 29.7. The first kappa shape index (κ1) is 30.6. The van der Waals surface area contributed by atoms with Crippen LogP contribution in [0.3, 0.4) is 0 Å². The van der Waals surface area contributed by atoms with Crippen molar-refractivity contribution in [2.75, 3.05) is 6.54 Å². The van der Waals surface area contributed by atoms with Gasteiger partial charge in [0.05, 0.1) is 6.04 Å². The molecule has 0 spiro atoms. The Balaban J connectivity index is 1.48. The highest BCUT2D eigenvalue weighted by molar-refractivity contribution is 5.93. The first-order chi connectivity index (χ1) is 19.5. The molecule has 41 heavy (non-hydrogen) atoms. The number of aliphatic hydroxyl groups excluding tert-OH is 1. The second kappa shape index (κ2) is 13.1. The van der Waals surface area contributed by atoms with Gasteiger partial charge < -0.3 is 30.7 Å². The van der Waals surface area contributed by atoms with E-state index in [1.54, 1.807) is 4.90 Å². The molecule has 0 aromatic heterocycles. The van der Waals surface area contributed by atoms with Crippen LogP contribution in [0.1, 0.15) is 71.8 Å². The average Bonchev–Trinajstić information content (AvgIpc) is 3.50. The van der Waals surface area contributed by atoms with E-state index in [1.807, 2.05) is 64.1 Å². The molecule has 6 atom stereocenters. The maximum atomic E-state index is 14.1. The quantitative estimate of drug-likeness (QED) is 0.324. The molecule has 4 rings (SSSR count). The fourth-order valence-corrected chi connectivity index (χ4v) is 6.02. The smallest absolute Gasteiger partial charge is 0.408 e. The number of amides is 4. The number of ether oxygens (including phenoxy) is 1. The van der Waals surface area contributed by atoms with Crippen LogP contribution in [0, 0.1) is 17.3 Å². The van der Waals surface area contributed by atoms with Gasteiger partial charge in [0.25, 0.3) is 5.91 Å². The molecule has 1 aromatic rings. The van der Waals surface area contributed by atoms with Gasteiger partial charge >= 0.3 is 6.09 Å². The molecule has 1 saturated heterocycles. The van der Waals surface area contributed by atoms with Crippen LogP contribution in [-0.2, 0) is 25.7 Å². The summed E-state index contributed by atoms with van der Waals surface area (Å²) in [6, 6.07) is 6.83. The van der Waals surface area contributed by atoms with Crippen LogP contribution in [0.15, 0.2) is 42.1 Å². The second-order valence-electron chi connectivity index (χ2n) is 12.6. The number of hydrogen-bond acceptors (Lipinski definition) is 6. The number of alkyl carbamates (subject to hydrolysis) is 1. The Morgan fingerprint density at radius 2 is 1.80 bits per heavy atom. The lowest BCUT2D eigenvalue weighted by Crippen LogP contribution is -2.60. The number of allylic oxidation sites excluding steroid dienone is 2. The number of carbonyl (C=O) groups is 4. The Bertz CT molecular complexity index is 1150. The summed E-state index contributed by atoms with van der Waals surface area (Å²) in [4.78, 5) is 54.8. The van der Waals surface area contributed by atoms with E-state index in [4.69, 9.17) is 4.74 Å². The van der Waals surface area contributed by atoms with Gasteiger partial charge in [-0.1, -0.05) is 76.9 Å². The number of rotatable bonds is 11. The number of hydrogen-bond donors (Lipinski definition) is 4. The second-order valence-corrected chi connectivity index (χ2v) is 12.6. The van der Waals surface area contributed by atoms with Crippen molar-refractivity contribution in [3.8, 4) is 0 Å². The van der Waals surface area contributed by atoms with Gasteiger partial charge in [0.1, 0.15) is 18.7 Å². The van der Waals surface area contributed by atoms with Crippen molar-refractivity contribution in [2.45, 2.75) is 97.1 Å². The Labute approximate surface area is 242 Å². The molecule has 2 aliphatic carbocycles. The van der Waals surface area contributed by atoms with Crippen molar-refractivity contribution >= 4 is 23.8 Å². The van der Waals surface area contributed by atoms with Gasteiger partial charge in [0, 0.05) is 18.7 Å². The number of aliphatic hydroxyl groups is 1. The normalized spacial score (nSPS) is 23.5. The Morgan fingerprint density at radius 1 is 1.10 bits per heavy atom. The standard InChI is InChI=1S/C31H44N4O6/c1-5-10-23(25(36)28(38)32-21-15-16-21)33-27(37)24-22-14-9-13-20(22)17-35(24)29(39)26(31(2,3)4)34-30(40)41-18-19-11-7-6-8-12-19/h6-8,11-12,15,20,22-26,36H,5,9-10,13-14,16-18H2,1-4H3,(H,32,38)(H,33,37)(H,34,40). The highest BCUT2D eigenvalue weighted by Gasteiger charge is 2.52. The number of carbonyl (C=O) groups excluding carboxylic acids is 4. The van der Waals surface area contributed by atoms with Crippen LogP contribution in [0.4, 0.5) is 4.79 Å². The lowest BCUT2D eigenvalue weighted by molar-refractivity contribution is -0.144. The minimum absolute atomic E-state index is 0.0190. The maximum Gasteiger partial charge on any atom is 0.408 e. The third-order valence-electron chi connectivity index (χ3n) is 8.30. The van der Waals surface area contributed by atoms with Crippen LogP contribution in [0.25, 0.3) is 0 Å². The van der Waals surface area contributed by atoms with Crippen LogP contribution >= 0.6 is 0 Å². The first-order valence-electron chi connectivity index (χ1n) is 14.8. The number of likely N-dealkylation sites (tertiary alicyclic amines) is 1. The van der Waals surface area contributed by atoms with E-state index in [0.717, 1.165) is 30.5 Å². The summed E-state index contributed by atoms with van der Waals surface area (Å²) in [5, 5.41) is 19.1. The van der Waals surface area contributed by atoms with Crippen molar-refractivity contribution in [1.29, 1.82) is 0 Å². The van der Waals surface area contributed by atoms with E-state index in [2.05, 4.69) is 16.0 Å². The van der Waals surface area contributed by atoms with E-state index in [-0.39, 0.29) is 30.3 Å². The van der Waals surface area contributed by atoms with Crippen LogP contribution in [-0.4, -0.2) is 64.6 Å². The minimum Gasteiger partial charge on any atom is -0.445 e. The third kappa shape index (κ3) is 7.67. The first-order valence-corrected chi connectivity index (χ1v) is 14.8. The van der Waals surface area contributed by atoms with E-state index < -0.39 is 41.6 Å². The SMILES string of the molecule is CCCC(NC(=O)C1C2CCCC2CN1C(=O)C(NC(=O)OCc1ccccc1)C(C)(C)C)C(O)C(=O)NC1=CC1. The Kier molecular flexibility index (Phi) is 9.73. The molecule has 0 bridgehead atoms. The number of benzene rings is 1. The Hall–Kier alpha value is -3.40. The Morgan fingerprint density at radius 3 is 2.44 bits per heavy atom. The van der Waals surface area contributed by atoms with Gasteiger partial charge in [-0.25, -0.2) is 4.79 Å². The predicted molar refractivity (Wildman–Crippen MR) is 153 cm³/mol.